The van der Waals surface area contributed by atoms with Gasteiger partial charge in [-0.05, 0) is 62.1 Å². The first-order chi connectivity index (χ1) is 18.4. The summed E-state index contributed by atoms with van der Waals surface area (Å²) in [6, 6.07) is 18.3. The predicted molar refractivity (Wildman–Crippen MR) is 151 cm³/mol. The van der Waals surface area contributed by atoms with Gasteiger partial charge in [0, 0.05) is 25.1 Å². The zero-order valence-electron chi connectivity index (χ0n) is 23.0. The molecule has 0 aliphatic rings. The summed E-state index contributed by atoms with van der Waals surface area (Å²) in [4.78, 5) is 17.7. The highest BCUT2D eigenvalue weighted by atomic mass is 16.5. The molecule has 0 atom stereocenters. The molecule has 0 saturated carbocycles. The summed E-state index contributed by atoms with van der Waals surface area (Å²) in [6.07, 6.45) is 3.76. The first-order valence-corrected chi connectivity index (χ1v) is 13.0. The van der Waals surface area contributed by atoms with Crippen molar-refractivity contribution in [3.05, 3.63) is 82.7 Å². The maximum atomic E-state index is 12.7. The Morgan fingerprint density at radius 1 is 0.895 bits per heavy atom. The van der Waals surface area contributed by atoms with Gasteiger partial charge in [-0.1, -0.05) is 42.3 Å². The Kier molecular flexibility index (Phi) is 8.89. The molecule has 1 aromatic heterocycles. The van der Waals surface area contributed by atoms with Crippen molar-refractivity contribution in [2.75, 3.05) is 27.9 Å². The molecule has 0 unspecified atom stereocenters. The minimum atomic E-state index is -0.167. The van der Waals surface area contributed by atoms with E-state index in [1.807, 2.05) is 6.07 Å². The normalized spacial score (nSPS) is 11.0. The van der Waals surface area contributed by atoms with E-state index in [4.69, 9.17) is 19.2 Å². The molecule has 3 aromatic carbocycles. The first-order valence-electron chi connectivity index (χ1n) is 13.0. The monoisotopic (exact) mass is 515 g/mol. The number of benzene rings is 3. The number of carbonyl (C=O) groups excluding carboxylic acids is 1. The molecular formula is C31H37N3O4. The van der Waals surface area contributed by atoms with Gasteiger partial charge < -0.3 is 24.1 Å². The molecule has 0 fully saturated rings. The van der Waals surface area contributed by atoms with Crippen LogP contribution in [0.2, 0.25) is 0 Å². The number of nitrogens with zero attached hydrogens (tertiary/aromatic N) is 2. The van der Waals surface area contributed by atoms with Gasteiger partial charge in [0.05, 0.1) is 32.4 Å². The number of aromatic nitrogens is 2. The lowest BCUT2D eigenvalue weighted by Crippen LogP contribution is -2.24. The largest absolute Gasteiger partial charge is 0.493 e. The maximum absolute atomic E-state index is 12.7. The number of amides is 1. The molecule has 4 aromatic rings. The number of carbonyl (C=O) groups is 1. The molecule has 1 N–H and O–H groups in total. The van der Waals surface area contributed by atoms with Crippen molar-refractivity contribution in [1.82, 2.24) is 14.9 Å². The van der Waals surface area contributed by atoms with Crippen LogP contribution in [-0.4, -0.2) is 43.3 Å². The smallest absolute Gasteiger partial charge is 0.251 e. The molecule has 7 nitrogen and oxygen atoms in total. The Bertz CT molecular complexity index is 1380. The zero-order chi connectivity index (χ0) is 27.1. The zero-order valence-corrected chi connectivity index (χ0v) is 23.0. The van der Waals surface area contributed by atoms with Crippen molar-refractivity contribution in [2.45, 2.75) is 46.1 Å². The van der Waals surface area contributed by atoms with E-state index >= 15 is 0 Å². The van der Waals surface area contributed by atoms with Gasteiger partial charge in [0.2, 0.25) is 5.75 Å². The van der Waals surface area contributed by atoms with Crippen molar-refractivity contribution in [2.24, 2.45) is 0 Å². The minimum Gasteiger partial charge on any atom is -0.493 e. The number of hydrogen-bond acceptors (Lipinski definition) is 5. The third-order valence-electron chi connectivity index (χ3n) is 6.86. The summed E-state index contributed by atoms with van der Waals surface area (Å²) in [5, 5.41) is 3.00. The van der Waals surface area contributed by atoms with Gasteiger partial charge in [-0.3, -0.25) is 4.79 Å². The Hall–Kier alpha value is -4.00. The fourth-order valence-corrected chi connectivity index (χ4v) is 4.73. The Morgan fingerprint density at radius 2 is 1.63 bits per heavy atom. The van der Waals surface area contributed by atoms with Crippen molar-refractivity contribution in [1.29, 1.82) is 0 Å². The number of nitrogens with one attached hydrogen (secondary N) is 1. The van der Waals surface area contributed by atoms with Gasteiger partial charge in [0.25, 0.3) is 5.91 Å². The molecule has 0 bridgehead atoms. The Balaban J connectivity index is 1.34. The van der Waals surface area contributed by atoms with Crippen LogP contribution in [-0.2, 0) is 13.0 Å². The first kappa shape index (κ1) is 27.0. The number of imidazole rings is 1. The van der Waals surface area contributed by atoms with E-state index in [1.54, 1.807) is 19.2 Å². The van der Waals surface area contributed by atoms with E-state index in [2.05, 4.69) is 60.1 Å². The highest BCUT2D eigenvalue weighted by molar-refractivity contribution is 5.95. The van der Waals surface area contributed by atoms with Gasteiger partial charge in [0.1, 0.15) is 5.82 Å². The van der Waals surface area contributed by atoms with Gasteiger partial charge in [-0.15, -0.1) is 0 Å². The average molecular weight is 516 g/mol. The molecule has 1 heterocycles. The van der Waals surface area contributed by atoms with Crippen molar-refractivity contribution in [3.8, 4) is 17.2 Å². The summed E-state index contributed by atoms with van der Waals surface area (Å²) in [6.45, 7) is 5.71. The van der Waals surface area contributed by atoms with Crippen LogP contribution >= 0.6 is 0 Å². The number of fused-ring (bicyclic) bond motifs is 1. The number of unbranched alkanes of at least 4 members (excludes halogenated alkanes) is 2. The van der Waals surface area contributed by atoms with Crippen LogP contribution in [0.1, 0.15) is 52.1 Å². The van der Waals surface area contributed by atoms with E-state index in [9.17, 15) is 4.79 Å². The third-order valence-corrected chi connectivity index (χ3v) is 6.86. The second kappa shape index (κ2) is 12.5. The second-order valence-corrected chi connectivity index (χ2v) is 9.51. The standard InChI is InChI=1S/C31H37N3O4/c1-21-14-15-22(2)24(17-21)20-34-26-12-9-8-11-25(26)33-29(34)13-7-6-10-16-32-31(35)23-18-27(36-3)30(38-5)28(19-23)37-4/h8-9,11-12,14-15,17-19H,6-7,10,13,16,20H2,1-5H3,(H,32,35). The number of ether oxygens (including phenoxy) is 3. The molecule has 0 aliphatic carbocycles. The third kappa shape index (κ3) is 6.10. The van der Waals surface area contributed by atoms with Crippen LogP contribution in [0.3, 0.4) is 0 Å². The van der Waals surface area contributed by atoms with Crippen LogP contribution < -0.4 is 19.5 Å². The highest BCUT2D eigenvalue weighted by Crippen LogP contribution is 2.38. The van der Waals surface area contributed by atoms with Crippen LogP contribution in [0.4, 0.5) is 0 Å². The average Bonchev–Trinajstić information content (AvgIpc) is 3.28. The molecule has 0 radical (unpaired) electrons. The van der Waals surface area contributed by atoms with Gasteiger partial charge in [-0.25, -0.2) is 4.98 Å². The van der Waals surface area contributed by atoms with E-state index < -0.39 is 0 Å². The van der Waals surface area contributed by atoms with Crippen LogP contribution in [0.15, 0.2) is 54.6 Å². The second-order valence-electron chi connectivity index (χ2n) is 9.51. The van der Waals surface area contributed by atoms with Crippen molar-refractivity contribution in [3.63, 3.8) is 0 Å². The number of aryl methyl sites for hydroxylation is 3. The fraction of sp³-hybridized carbons (Fsp3) is 0.355. The molecule has 0 aliphatic heterocycles. The lowest BCUT2D eigenvalue weighted by atomic mass is 10.1. The molecule has 1 amide bonds. The number of para-hydroxylation sites is 2. The number of hydrogen-bond donors (Lipinski definition) is 1. The quantitative estimate of drug-likeness (QED) is 0.239. The Morgan fingerprint density at radius 3 is 2.34 bits per heavy atom. The van der Waals surface area contributed by atoms with E-state index in [-0.39, 0.29) is 5.91 Å². The van der Waals surface area contributed by atoms with Crippen molar-refractivity contribution >= 4 is 16.9 Å². The van der Waals surface area contributed by atoms with Gasteiger partial charge in [-0.2, -0.15) is 0 Å². The molecule has 7 heteroatoms. The number of rotatable bonds is 12. The highest BCUT2D eigenvalue weighted by Gasteiger charge is 2.17. The summed E-state index contributed by atoms with van der Waals surface area (Å²) >= 11 is 0. The molecular weight excluding hydrogens is 478 g/mol. The Labute approximate surface area is 224 Å². The van der Waals surface area contributed by atoms with Crippen LogP contribution in [0.25, 0.3) is 11.0 Å². The van der Waals surface area contributed by atoms with E-state index in [1.165, 1.54) is 36.4 Å². The summed E-state index contributed by atoms with van der Waals surface area (Å²) in [5.41, 5.74) is 6.56. The topological polar surface area (TPSA) is 74.6 Å². The lowest BCUT2D eigenvalue weighted by Gasteiger charge is -2.14. The summed E-state index contributed by atoms with van der Waals surface area (Å²) in [5.74, 6) is 2.32. The van der Waals surface area contributed by atoms with Gasteiger partial charge in [0.15, 0.2) is 11.5 Å². The predicted octanol–water partition coefficient (Wildman–Crippen LogP) is 5.87. The van der Waals surface area contributed by atoms with Crippen LogP contribution in [0.5, 0.6) is 17.2 Å². The SMILES string of the molecule is COc1cc(C(=O)NCCCCCc2nc3ccccc3n2Cc2cc(C)ccc2C)cc(OC)c1OC. The summed E-state index contributed by atoms with van der Waals surface area (Å²) in [7, 11) is 4.61. The fourth-order valence-electron chi connectivity index (χ4n) is 4.73. The van der Waals surface area contributed by atoms with Gasteiger partial charge >= 0.3 is 0 Å². The minimum absolute atomic E-state index is 0.167. The maximum Gasteiger partial charge on any atom is 0.251 e. The number of methoxy groups -OCH3 is 3. The van der Waals surface area contributed by atoms with Crippen LogP contribution in [0, 0.1) is 13.8 Å². The molecule has 0 spiro atoms. The molecule has 0 saturated heterocycles. The molecule has 200 valence electrons. The van der Waals surface area contributed by atoms with E-state index in [0.717, 1.165) is 43.6 Å². The molecule has 38 heavy (non-hydrogen) atoms. The lowest BCUT2D eigenvalue weighted by molar-refractivity contribution is 0.0952. The summed E-state index contributed by atoms with van der Waals surface area (Å²) < 4.78 is 18.4. The van der Waals surface area contributed by atoms with E-state index in [0.29, 0.717) is 29.4 Å². The van der Waals surface area contributed by atoms with Crippen molar-refractivity contribution < 1.29 is 19.0 Å². The molecule has 4 rings (SSSR count).